The van der Waals surface area contributed by atoms with Gasteiger partial charge in [-0.2, -0.15) is 0 Å². The van der Waals surface area contributed by atoms with Gasteiger partial charge in [0.25, 0.3) is 0 Å². The van der Waals surface area contributed by atoms with Gasteiger partial charge >= 0.3 is 5.97 Å². The zero-order chi connectivity index (χ0) is 14.4. The summed E-state index contributed by atoms with van der Waals surface area (Å²) in [6, 6.07) is 7.77. The Balaban J connectivity index is 1.60. The van der Waals surface area contributed by atoms with E-state index in [1.165, 1.54) is 0 Å². The van der Waals surface area contributed by atoms with Gasteiger partial charge in [0.1, 0.15) is 6.10 Å². The molecule has 2 bridgehead atoms. The first-order chi connectivity index (χ1) is 10.2. The first kappa shape index (κ1) is 12.5. The first-order valence-electron chi connectivity index (χ1n) is 7.45. The number of benzene rings is 1. The zero-order valence-electron chi connectivity index (χ0n) is 11.8. The van der Waals surface area contributed by atoms with E-state index in [0.717, 1.165) is 42.5 Å². The van der Waals surface area contributed by atoms with E-state index < -0.39 is 0 Å². The highest BCUT2D eigenvalue weighted by Gasteiger charge is 2.39. The number of carbonyl (C=O) groups is 1. The molecule has 2 aromatic rings. The van der Waals surface area contributed by atoms with Gasteiger partial charge in [0.15, 0.2) is 0 Å². The van der Waals surface area contributed by atoms with E-state index in [1.54, 1.807) is 6.20 Å². The molecule has 0 radical (unpaired) electrons. The molecule has 3 saturated heterocycles. The van der Waals surface area contributed by atoms with Crippen LogP contribution in [0.5, 0.6) is 0 Å². The molecule has 0 amide bonds. The molecule has 3 fully saturated rings. The fourth-order valence-corrected chi connectivity index (χ4v) is 3.52. The van der Waals surface area contributed by atoms with Gasteiger partial charge < -0.3 is 14.6 Å². The van der Waals surface area contributed by atoms with Gasteiger partial charge in [-0.3, -0.25) is 0 Å². The van der Waals surface area contributed by atoms with Crippen LogP contribution in [0.25, 0.3) is 10.9 Å². The molecule has 1 aromatic heterocycles. The van der Waals surface area contributed by atoms with Crippen LogP contribution < -0.4 is 0 Å². The minimum absolute atomic E-state index is 0.159. The first-order valence-corrected chi connectivity index (χ1v) is 7.45. The quantitative estimate of drug-likeness (QED) is 0.861. The Morgan fingerprint density at radius 1 is 1.29 bits per heavy atom. The lowest BCUT2D eigenvalue weighted by atomic mass is 9.84. The predicted molar refractivity (Wildman–Crippen MR) is 80.9 cm³/mol. The van der Waals surface area contributed by atoms with Crippen LogP contribution in [-0.2, 0) is 4.74 Å². The lowest BCUT2D eigenvalue weighted by molar-refractivity contribution is -0.0165. The Labute approximate surface area is 123 Å². The van der Waals surface area contributed by atoms with Crippen molar-refractivity contribution in [1.29, 1.82) is 0 Å². The Morgan fingerprint density at radius 3 is 2.81 bits per heavy atom. The number of ether oxygens (including phenoxy) is 1. The van der Waals surface area contributed by atoms with Crippen LogP contribution >= 0.6 is 0 Å². The summed E-state index contributed by atoms with van der Waals surface area (Å²) in [5.74, 6) is 0.170. The van der Waals surface area contributed by atoms with E-state index >= 15 is 0 Å². The van der Waals surface area contributed by atoms with Crippen LogP contribution in [0.15, 0.2) is 42.7 Å². The molecular formula is C17H18N2O2. The summed E-state index contributed by atoms with van der Waals surface area (Å²) >= 11 is 0. The van der Waals surface area contributed by atoms with Crippen molar-refractivity contribution in [2.45, 2.75) is 18.9 Å². The lowest BCUT2D eigenvalue weighted by Crippen LogP contribution is -2.49. The van der Waals surface area contributed by atoms with Gasteiger partial charge in [-0.05, 0) is 18.9 Å². The number of esters is 1. The van der Waals surface area contributed by atoms with E-state index in [2.05, 4.69) is 16.5 Å². The summed E-state index contributed by atoms with van der Waals surface area (Å²) < 4.78 is 5.79. The molecule has 1 atom stereocenters. The number of fused-ring (bicyclic) bond motifs is 4. The van der Waals surface area contributed by atoms with E-state index in [4.69, 9.17) is 4.74 Å². The van der Waals surface area contributed by atoms with Crippen molar-refractivity contribution in [3.8, 4) is 0 Å². The van der Waals surface area contributed by atoms with Gasteiger partial charge in [0.2, 0.25) is 0 Å². The van der Waals surface area contributed by atoms with Gasteiger partial charge in [-0.15, -0.1) is 0 Å². The molecule has 0 saturated carbocycles. The second-order valence-corrected chi connectivity index (χ2v) is 5.89. The van der Waals surface area contributed by atoms with E-state index in [0.29, 0.717) is 11.5 Å². The number of carbonyl (C=O) groups excluding carboxylic acids is 1. The summed E-state index contributed by atoms with van der Waals surface area (Å²) in [4.78, 5) is 17.9. The number of aromatic nitrogens is 1. The second kappa shape index (κ2) is 4.65. The van der Waals surface area contributed by atoms with Crippen LogP contribution in [0.1, 0.15) is 23.2 Å². The SMILES string of the molecule is C=C1C(OC(=O)c2c[nH]c3ccccc23)C2CCN1CC2. The van der Waals surface area contributed by atoms with Crippen LogP contribution in [0.2, 0.25) is 0 Å². The molecule has 0 spiro atoms. The highest BCUT2D eigenvalue weighted by molar-refractivity contribution is 6.04. The van der Waals surface area contributed by atoms with Crippen molar-refractivity contribution < 1.29 is 9.53 Å². The van der Waals surface area contributed by atoms with Crippen LogP contribution in [0.4, 0.5) is 0 Å². The number of nitrogens with zero attached hydrogens (tertiary/aromatic N) is 1. The number of para-hydroxylation sites is 1. The maximum atomic E-state index is 12.5. The standard InChI is InChI=1S/C17H18N2O2/c1-11-16(12-6-8-19(11)9-7-12)21-17(20)14-10-18-15-5-3-2-4-13(14)15/h2-5,10,12,16,18H,1,6-9H2. The molecule has 1 aromatic carbocycles. The van der Waals surface area contributed by atoms with Crippen molar-refractivity contribution in [2.75, 3.05) is 13.1 Å². The maximum absolute atomic E-state index is 12.5. The summed E-state index contributed by atoms with van der Waals surface area (Å²) in [7, 11) is 0. The minimum atomic E-state index is -0.257. The molecule has 1 N–H and O–H groups in total. The average Bonchev–Trinajstić information content (AvgIpc) is 2.95. The molecular weight excluding hydrogens is 264 g/mol. The third kappa shape index (κ3) is 1.94. The Hall–Kier alpha value is -2.23. The number of rotatable bonds is 2. The average molecular weight is 282 g/mol. The van der Waals surface area contributed by atoms with Crippen molar-refractivity contribution in [1.82, 2.24) is 9.88 Å². The summed E-state index contributed by atoms with van der Waals surface area (Å²) in [6.07, 6.45) is 3.75. The van der Waals surface area contributed by atoms with Crippen LogP contribution in [-0.4, -0.2) is 35.0 Å². The molecule has 3 aliphatic rings. The highest BCUT2D eigenvalue weighted by Crippen LogP contribution is 2.36. The Morgan fingerprint density at radius 2 is 2.05 bits per heavy atom. The highest BCUT2D eigenvalue weighted by atomic mass is 16.5. The molecule has 5 rings (SSSR count). The maximum Gasteiger partial charge on any atom is 0.340 e. The van der Waals surface area contributed by atoms with Gasteiger partial charge in [-0.25, -0.2) is 4.79 Å². The molecule has 108 valence electrons. The molecule has 3 aliphatic heterocycles. The monoisotopic (exact) mass is 282 g/mol. The molecule has 21 heavy (non-hydrogen) atoms. The zero-order valence-corrected chi connectivity index (χ0v) is 11.8. The number of hydrogen-bond donors (Lipinski definition) is 1. The molecule has 4 nitrogen and oxygen atoms in total. The Bertz CT molecular complexity index is 710. The minimum Gasteiger partial charge on any atom is -0.452 e. The van der Waals surface area contributed by atoms with Crippen molar-refractivity contribution in [3.05, 3.63) is 48.3 Å². The van der Waals surface area contributed by atoms with Crippen molar-refractivity contribution in [2.24, 2.45) is 5.92 Å². The molecule has 4 heteroatoms. The fourth-order valence-electron chi connectivity index (χ4n) is 3.52. The summed E-state index contributed by atoms with van der Waals surface area (Å²) in [6.45, 7) is 6.21. The predicted octanol–water partition coefficient (Wildman–Crippen LogP) is 2.93. The molecule has 0 aliphatic carbocycles. The van der Waals surface area contributed by atoms with Crippen LogP contribution in [0, 0.1) is 5.92 Å². The van der Waals surface area contributed by atoms with Crippen molar-refractivity contribution >= 4 is 16.9 Å². The van der Waals surface area contributed by atoms with E-state index in [9.17, 15) is 4.79 Å². The lowest BCUT2D eigenvalue weighted by Gasteiger charge is -2.46. The molecule has 4 heterocycles. The van der Waals surface area contributed by atoms with E-state index in [-0.39, 0.29) is 12.1 Å². The second-order valence-electron chi connectivity index (χ2n) is 5.89. The number of nitrogens with one attached hydrogen (secondary N) is 1. The summed E-state index contributed by atoms with van der Waals surface area (Å²) in [5.41, 5.74) is 2.53. The van der Waals surface area contributed by atoms with Gasteiger partial charge in [-0.1, -0.05) is 24.8 Å². The normalized spacial score (nSPS) is 24.6. The largest absolute Gasteiger partial charge is 0.452 e. The Kier molecular flexibility index (Phi) is 2.77. The number of hydrogen-bond acceptors (Lipinski definition) is 3. The molecule has 1 unspecified atom stereocenters. The van der Waals surface area contributed by atoms with Gasteiger partial charge in [0, 0.05) is 41.8 Å². The van der Waals surface area contributed by atoms with Crippen LogP contribution in [0.3, 0.4) is 0 Å². The number of aromatic amines is 1. The van der Waals surface area contributed by atoms with Crippen molar-refractivity contribution in [3.63, 3.8) is 0 Å². The smallest absolute Gasteiger partial charge is 0.340 e. The fraction of sp³-hybridized carbons (Fsp3) is 0.353. The summed E-state index contributed by atoms with van der Waals surface area (Å²) in [5, 5.41) is 0.911. The van der Waals surface area contributed by atoms with Gasteiger partial charge in [0.05, 0.1) is 5.56 Å². The third-order valence-electron chi connectivity index (χ3n) is 4.75. The van der Waals surface area contributed by atoms with E-state index in [1.807, 2.05) is 24.3 Å². The topological polar surface area (TPSA) is 45.3 Å². The third-order valence-corrected chi connectivity index (χ3v) is 4.75. The number of piperidine rings is 3. The number of H-pyrrole nitrogens is 1.